The van der Waals surface area contributed by atoms with E-state index in [0.717, 1.165) is 10.2 Å². The van der Waals surface area contributed by atoms with E-state index in [1.807, 2.05) is 6.07 Å². The van der Waals surface area contributed by atoms with Crippen LogP contribution < -0.4 is 5.32 Å². The van der Waals surface area contributed by atoms with E-state index in [-0.39, 0.29) is 0 Å². The van der Waals surface area contributed by atoms with Crippen molar-refractivity contribution in [1.82, 2.24) is 0 Å². The summed E-state index contributed by atoms with van der Waals surface area (Å²) in [4.78, 5) is 0. The maximum absolute atomic E-state index is 3.54. The Morgan fingerprint density at radius 1 is 1.12 bits per heavy atom. The normalized spacial score (nSPS) is 12.2. The molecule has 0 aliphatic rings. The van der Waals surface area contributed by atoms with Gasteiger partial charge in [0.15, 0.2) is 0 Å². The summed E-state index contributed by atoms with van der Waals surface area (Å²) in [7, 11) is 0. The predicted molar refractivity (Wildman–Crippen MR) is 85.3 cm³/mol. The largest absolute Gasteiger partial charge is 0.378 e. The van der Waals surface area contributed by atoms with Crippen LogP contribution in [-0.4, -0.2) is 0 Å². The average molecular weight is 402 g/mol. The highest BCUT2D eigenvalue weighted by Crippen LogP contribution is 2.25. The molecule has 0 bridgehead atoms. The summed E-state index contributed by atoms with van der Waals surface area (Å²) in [5.74, 6) is 0. The van der Waals surface area contributed by atoms with Crippen molar-refractivity contribution in [3.63, 3.8) is 0 Å². The number of hydrogen-bond donors (Lipinski definition) is 1. The Morgan fingerprint density at radius 2 is 1.82 bits per heavy atom. The third-order valence-corrected chi connectivity index (χ3v) is 4.94. The summed E-state index contributed by atoms with van der Waals surface area (Å²) >= 11 is 5.86. The first kappa shape index (κ1) is 12.9. The first-order valence-electron chi connectivity index (χ1n) is 5.43. The zero-order valence-corrected chi connectivity index (χ0v) is 13.2. The van der Waals surface area contributed by atoms with Crippen molar-refractivity contribution >= 4 is 44.2 Å². The van der Waals surface area contributed by atoms with E-state index in [2.05, 4.69) is 93.2 Å². The number of nitrogens with one attached hydrogen (secondary N) is 1. The summed E-state index contributed by atoms with van der Waals surface area (Å²) < 4.78 is 2.35. The highest BCUT2D eigenvalue weighted by Gasteiger charge is 2.05. The molecule has 17 heavy (non-hydrogen) atoms. The second-order valence-corrected chi connectivity index (χ2v) is 5.92. The van der Waals surface area contributed by atoms with Crippen LogP contribution in [0.25, 0.3) is 0 Å². The van der Waals surface area contributed by atoms with Crippen molar-refractivity contribution < 1.29 is 0 Å². The van der Waals surface area contributed by atoms with Crippen LogP contribution in [0.15, 0.2) is 53.0 Å². The van der Waals surface area contributed by atoms with Gasteiger partial charge in [0.05, 0.1) is 0 Å². The Kier molecular flexibility index (Phi) is 4.45. The van der Waals surface area contributed by atoms with Gasteiger partial charge in [0.1, 0.15) is 0 Å². The van der Waals surface area contributed by atoms with Gasteiger partial charge >= 0.3 is 0 Å². The molecule has 0 radical (unpaired) electrons. The van der Waals surface area contributed by atoms with Crippen molar-refractivity contribution in [3.05, 3.63) is 62.1 Å². The third kappa shape index (κ3) is 3.45. The molecule has 1 atom stereocenters. The van der Waals surface area contributed by atoms with Crippen molar-refractivity contribution in [2.45, 2.75) is 13.0 Å². The van der Waals surface area contributed by atoms with Crippen LogP contribution in [0.2, 0.25) is 0 Å². The van der Waals surface area contributed by atoms with Gasteiger partial charge in [-0.2, -0.15) is 0 Å². The molecule has 0 amide bonds. The van der Waals surface area contributed by atoms with Crippen LogP contribution in [-0.2, 0) is 0 Å². The Bertz CT molecular complexity index is 499. The lowest BCUT2D eigenvalue weighted by molar-refractivity contribution is 0.884. The van der Waals surface area contributed by atoms with E-state index >= 15 is 0 Å². The molecule has 0 saturated carbocycles. The van der Waals surface area contributed by atoms with Gasteiger partial charge < -0.3 is 5.32 Å². The summed E-state index contributed by atoms with van der Waals surface area (Å²) in [6.07, 6.45) is 0. The molecule has 0 fully saturated rings. The van der Waals surface area contributed by atoms with Gasteiger partial charge in [0.25, 0.3) is 0 Å². The molecule has 2 rings (SSSR count). The molecular weight excluding hydrogens is 389 g/mol. The molecule has 2 aromatic carbocycles. The van der Waals surface area contributed by atoms with E-state index in [4.69, 9.17) is 0 Å². The number of benzene rings is 2. The van der Waals surface area contributed by atoms with Crippen molar-refractivity contribution in [2.75, 3.05) is 5.32 Å². The quantitative estimate of drug-likeness (QED) is 0.694. The van der Waals surface area contributed by atoms with Crippen LogP contribution >= 0.6 is 38.5 Å². The SMILES string of the molecule is CC(Nc1ccc(I)c(Br)c1)c1ccccc1. The number of anilines is 1. The summed E-state index contributed by atoms with van der Waals surface area (Å²) in [5.41, 5.74) is 2.43. The molecule has 0 spiro atoms. The molecule has 88 valence electrons. The van der Waals surface area contributed by atoms with Gasteiger partial charge in [-0.05, 0) is 69.2 Å². The molecule has 0 aromatic heterocycles. The summed E-state index contributed by atoms with van der Waals surface area (Å²) in [6, 6.07) is 17.1. The summed E-state index contributed by atoms with van der Waals surface area (Å²) in [5, 5.41) is 3.49. The minimum Gasteiger partial charge on any atom is -0.378 e. The zero-order valence-electron chi connectivity index (χ0n) is 9.45. The summed E-state index contributed by atoms with van der Waals surface area (Å²) in [6.45, 7) is 2.17. The topological polar surface area (TPSA) is 12.0 Å². The lowest BCUT2D eigenvalue weighted by atomic mass is 10.1. The second-order valence-electron chi connectivity index (χ2n) is 3.91. The molecule has 1 nitrogen and oxygen atoms in total. The van der Waals surface area contributed by atoms with Gasteiger partial charge in [-0.3, -0.25) is 0 Å². The van der Waals surface area contributed by atoms with Gasteiger partial charge in [0, 0.05) is 19.8 Å². The van der Waals surface area contributed by atoms with Crippen LogP contribution in [0, 0.1) is 3.57 Å². The highest BCUT2D eigenvalue weighted by atomic mass is 127. The molecular formula is C14H13BrIN. The van der Waals surface area contributed by atoms with E-state index in [1.54, 1.807) is 0 Å². The Balaban J connectivity index is 2.13. The zero-order chi connectivity index (χ0) is 12.3. The lowest BCUT2D eigenvalue weighted by Crippen LogP contribution is -2.06. The molecule has 0 aliphatic carbocycles. The first-order valence-corrected chi connectivity index (χ1v) is 7.30. The molecule has 0 saturated heterocycles. The average Bonchev–Trinajstić information content (AvgIpc) is 2.35. The maximum Gasteiger partial charge on any atom is 0.0485 e. The lowest BCUT2D eigenvalue weighted by Gasteiger charge is -2.16. The Labute approximate surface area is 124 Å². The van der Waals surface area contributed by atoms with Gasteiger partial charge in [-0.1, -0.05) is 30.3 Å². The molecule has 1 N–H and O–H groups in total. The molecule has 0 heterocycles. The second kappa shape index (κ2) is 5.87. The van der Waals surface area contributed by atoms with Crippen LogP contribution in [0.1, 0.15) is 18.5 Å². The number of halogens is 2. The van der Waals surface area contributed by atoms with Crippen LogP contribution in [0.4, 0.5) is 5.69 Å². The van der Waals surface area contributed by atoms with Crippen LogP contribution in [0.3, 0.4) is 0 Å². The smallest absolute Gasteiger partial charge is 0.0485 e. The highest BCUT2D eigenvalue weighted by molar-refractivity contribution is 14.1. The van der Waals surface area contributed by atoms with Gasteiger partial charge in [-0.25, -0.2) is 0 Å². The number of hydrogen-bond acceptors (Lipinski definition) is 1. The fourth-order valence-corrected chi connectivity index (χ4v) is 2.38. The standard InChI is InChI=1S/C14H13BrIN/c1-10(11-5-3-2-4-6-11)17-12-7-8-14(16)13(15)9-12/h2-10,17H,1H3. The number of rotatable bonds is 3. The van der Waals surface area contributed by atoms with E-state index < -0.39 is 0 Å². The monoisotopic (exact) mass is 401 g/mol. The maximum atomic E-state index is 3.54. The predicted octanol–water partition coefficient (Wildman–Crippen LogP) is 5.23. The minimum absolute atomic E-state index is 0.308. The third-order valence-electron chi connectivity index (χ3n) is 2.60. The molecule has 0 aliphatic heterocycles. The molecule has 3 heteroatoms. The fraction of sp³-hybridized carbons (Fsp3) is 0.143. The van der Waals surface area contributed by atoms with E-state index in [0.29, 0.717) is 6.04 Å². The molecule has 1 unspecified atom stereocenters. The Hall–Kier alpha value is -0.550. The van der Waals surface area contributed by atoms with Crippen molar-refractivity contribution in [2.24, 2.45) is 0 Å². The first-order chi connectivity index (χ1) is 8.16. The van der Waals surface area contributed by atoms with Crippen molar-refractivity contribution in [3.8, 4) is 0 Å². The molecule has 2 aromatic rings. The van der Waals surface area contributed by atoms with E-state index in [9.17, 15) is 0 Å². The van der Waals surface area contributed by atoms with E-state index in [1.165, 1.54) is 9.13 Å². The Morgan fingerprint density at radius 3 is 2.47 bits per heavy atom. The van der Waals surface area contributed by atoms with Gasteiger partial charge in [0.2, 0.25) is 0 Å². The fourth-order valence-electron chi connectivity index (χ4n) is 1.66. The minimum atomic E-state index is 0.308. The van der Waals surface area contributed by atoms with Crippen LogP contribution in [0.5, 0.6) is 0 Å². The van der Waals surface area contributed by atoms with Crippen molar-refractivity contribution in [1.29, 1.82) is 0 Å². The van der Waals surface area contributed by atoms with Gasteiger partial charge in [-0.15, -0.1) is 0 Å².